The highest BCUT2D eigenvalue weighted by Crippen LogP contribution is 2.23. The molecule has 0 saturated heterocycles. The second kappa shape index (κ2) is 8.69. The van der Waals surface area contributed by atoms with Gasteiger partial charge in [-0.1, -0.05) is 41.1 Å². The highest BCUT2D eigenvalue weighted by molar-refractivity contribution is 9.10. The van der Waals surface area contributed by atoms with Gasteiger partial charge in [-0.25, -0.2) is 0 Å². The summed E-state index contributed by atoms with van der Waals surface area (Å²) in [7, 11) is 1.75. The zero-order chi connectivity index (χ0) is 14.3. The molecule has 1 aromatic rings. The smallest absolute Gasteiger partial charge is 0.0615 e. The first-order valence-electron chi connectivity index (χ1n) is 6.83. The Bertz CT molecular complexity index is 373. The van der Waals surface area contributed by atoms with Crippen LogP contribution in [0.5, 0.6) is 0 Å². The van der Waals surface area contributed by atoms with Gasteiger partial charge in [0.05, 0.1) is 6.61 Å². The fraction of sp³-hybridized carbons (Fsp3) is 0.600. The summed E-state index contributed by atoms with van der Waals surface area (Å²) in [5, 5.41) is 0. The molecular formula is C15H25BrN2O. The molecule has 0 fully saturated rings. The Kier molecular flexibility index (Phi) is 7.61. The molecule has 2 unspecified atom stereocenters. The molecule has 2 N–H and O–H groups in total. The number of methoxy groups -OCH3 is 1. The second-order valence-corrected chi connectivity index (χ2v) is 5.70. The van der Waals surface area contributed by atoms with E-state index in [1.807, 2.05) is 18.2 Å². The highest BCUT2D eigenvalue weighted by atomic mass is 79.9. The molecule has 1 aromatic carbocycles. The van der Waals surface area contributed by atoms with E-state index in [1.54, 1.807) is 7.11 Å². The van der Waals surface area contributed by atoms with Gasteiger partial charge in [-0.15, -0.1) is 0 Å². The first kappa shape index (κ1) is 16.6. The van der Waals surface area contributed by atoms with Gasteiger partial charge in [0, 0.05) is 30.2 Å². The summed E-state index contributed by atoms with van der Waals surface area (Å²) in [6.45, 7) is 7.14. The number of hydrogen-bond acceptors (Lipinski definition) is 3. The summed E-state index contributed by atoms with van der Waals surface area (Å²) < 4.78 is 6.31. The molecule has 0 aromatic heterocycles. The van der Waals surface area contributed by atoms with Crippen LogP contribution in [-0.4, -0.2) is 37.7 Å². The number of nitrogens with two attached hydrogens (primary N) is 1. The molecule has 19 heavy (non-hydrogen) atoms. The van der Waals surface area contributed by atoms with Crippen molar-refractivity contribution in [2.45, 2.75) is 32.4 Å². The fourth-order valence-electron chi connectivity index (χ4n) is 2.27. The molecule has 4 heteroatoms. The van der Waals surface area contributed by atoms with Crippen LogP contribution < -0.4 is 5.73 Å². The second-order valence-electron chi connectivity index (χ2n) is 4.85. The summed E-state index contributed by atoms with van der Waals surface area (Å²) in [6, 6.07) is 8.68. The predicted molar refractivity (Wildman–Crippen MR) is 84.3 cm³/mol. The third kappa shape index (κ3) is 5.22. The molecular weight excluding hydrogens is 304 g/mol. The molecule has 0 spiro atoms. The van der Waals surface area contributed by atoms with Crippen LogP contribution in [0.2, 0.25) is 0 Å². The number of rotatable bonds is 8. The fourth-order valence-corrected chi connectivity index (χ4v) is 2.85. The Labute approximate surface area is 125 Å². The average molecular weight is 329 g/mol. The van der Waals surface area contributed by atoms with E-state index in [9.17, 15) is 0 Å². The molecule has 0 heterocycles. The van der Waals surface area contributed by atoms with E-state index in [1.165, 1.54) is 5.56 Å². The molecule has 1 rings (SSSR count). The van der Waals surface area contributed by atoms with Crippen LogP contribution in [0.4, 0.5) is 0 Å². The lowest BCUT2D eigenvalue weighted by Gasteiger charge is -2.28. The van der Waals surface area contributed by atoms with Crippen molar-refractivity contribution in [3.63, 3.8) is 0 Å². The summed E-state index contributed by atoms with van der Waals surface area (Å²) >= 11 is 3.56. The van der Waals surface area contributed by atoms with Gasteiger partial charge in [0.15, 0.2) is 0 Å². The van der Waals surface area contributed by atoms with Gasteiger partial charge in [-0.3, -0.25) is 4.90 Å². The molecule has 3 nitrogen and oxygen atoms in total. The zero-order valence-electron chi connectivity index (χ0n) is 12.1. The third-order valence-corrected chi connectivity index (χ3v) is 4.19. The molecule has 0 amide bonds. The number of halogens is 1. The van der Waals surface area contributed by atoms with Crippen LogP contribution in [0.3, 0.4) is 0 Å². The van der Waals surface area contributed by atoms with E-state index in [2.05, 4.69) is 40.7 Å². The summed E-state index contributed by atoms with van der Waals surface area (Å²) in [4.78, 5) is 2.40. The third-order valence-electron chi connectivity index (χ3n) is 3.47. The van der Waals surface area contributed by atoms with E-state index in [0.29, 0.717) is 6.04 Å². The monoisotopic (exact) mass is 328 g/mol. The van der Waals surface area contributed by atoms with Crippen molar-refractivity contribution >= 4 is 15.9 Å². The van der Waals surface area contributed by atoms with Gasteiger partial charge in [0.1, 0.15) is 0 Å². The summed E-state index contributed by atoms with van der Waals surface area (Å²) in [5.74, 6) is 0. The molecule has 0 aliphatic heterocycles. The van der Waals surface area contributed by atoms with E-state index < -0.39 is 0 Å². The standard InChI is InChI=1S/C15H25BrN2O/c1-4-18(12(2)11-19-3)10-9-15(17)13-7-5-6-8-14(13)16/h5-8,12,15H,4,9-11,17H2,1-3H3. The van der Waals surface area contributed by atoms with Crippen molar-refractivity contribution < 1.29 is 4.74 Å². The van der Waals surface area contributed by atoms with Crippen molar-refractivity contribution in [3.8, 4) is 0 Å². The maximum absolute atomic E-state index is 6.29. The maximum atomic E-state index is 6.29. The number of ether oxygens (including phenoxy) is 1. The Morgan fingerprint density at radius 3 is 2.63 bits per heavy atom. The highest BCUT2D eigenvalue weighted by Gasteiger charge is 2.15. The Balaban J connectivity index is 2.53. The van der Waals surface area contributed by atoms with Gasteiger partial charge in [0.25, 0.3) is 0 Å². The largest absolute Gasteiger partial charge is 0.383 e. The minimum atomic E-state index is 0.0689. The van der Waals surface area contributed by atoms with E-state index in [0.717, 1.165) is 30.6 Å². The summed E-state index contributed by atoms with van der Waals surface area (Å²) in [6.07, 6.45) is 0.949. The van der Waals surface area contributed by atoms with Crippen LogP contribution in [0.1, 0.15) is 31.9 Å². The van der Waals surface area contributed by atoms with Crippen molar-refractivity contribution in [1.29, 1.82) is 0 Å². The number of nitrogens with zero attached hydrogens (tertiary/aromatic N) is 1. The van der Waals surface area contributed by atoms with Crippen molar-refractivity contribution in [2.24, 2.45) is 5.73 Å². The maximum Gasteiger partial charge on any atom is 0.0615 e. The lowest BCUT2D eigenvalue weighted by molar-refractivity contribution is 0.101. The Morgan fingerprint density at radius 2 is 2.05 bits per heavy atom. The molecule has 0 bridgehead atoms. The van der Waals surface area contributed by atoms with Gasteiger partial charge in [-0.05, 0) is 31.5 Å². The van der Waals surface area contributed by atoms with Gasteiger partial charge in [0.2, 0.25) is 0 Å². The first-order chi connectivity index (χ1) is 9.10. The van der Waals surface area contributed by atoms with Gasteiger partial charge in [-0.2, -0.15) is 0 Å². The van der Waals surface area contributed by atoms with E-state index in [4.69, 9.17) is 10.5 Å². The number of hydrogen-bond donors (Lipinski definition) is 1. The van der Waals surface area contributed by atoms with Crippen molar-refractivity contribution in [2.75, 3.05) is 26.8 Å². The number of benzene rings is 1. The first-order valence-corrected chi connectivity index (χ1v) is 7.62. The zero-order valence-corrected chi connectivity index (χ0v) is 13.7. The van der Waals surface area contributed by atoms with Gasteiger partial charge >= 0.3 is 0 Å². The number of likely N-dealkylation sites (N-methyl/N-ethyl adjacent to an activating group) is 1. The van der Waals surface area contributed by atoms with Crippen LogP contribution in [-0.2, 0) is 4.74 Å². The minimum absolute atomic E-state index is 0.0689. The van der Waals surface area contributed by atoms with Crippen LogP contribution in [0, 0.1) is 0 Å². The molecule has 0 aliphatic carbocycles. The lowest BCUT2D eigenvalue weighted by atomic mass is 10.0. The SMILES string of the molecule is CCN(CCC(N)c1ccccc1Br)C(C)COC. The Morgan fingerprint density at radius 1 is 1.37 bits per heavy atom. The normalized spacial score (nSPS) is 14.6. The molecule has 0 radical (unpaired) electrons. The predicted octanol–water partition coefficient (Wildman–Crippen LogP) is 3.20. The quantitative estimate of drug-likeness (QED) is 0.796. The lowest BCUT2D eigenvalue weighted by Crippen LogP contribution is -2.37. The Hall–Kier alpha value is -0.420. The van der Waals surface area contributed by atoms with Crippen molar-refractivity contribution in [1.82, 2.24) is 4.90 Å². The molecule has 0 aliphatic rings. The van der Waals surface area contributed by atoms with E-state index in [-0.39, 0.29) is 6.04 Å². The average Bonchev–Trinajstić information content (AvgIpc) is 2.40. The van der Waals surface area contributed by atoms with Crippen LogP contribution in [0.25, 0.3) is 0 Å². The van der Waals surface area contributed by atoms with E-state index >= 15 is 0 Å². The topological polar surface area (TPSA) is 38.5 Å². The minimum Gasteiger partial charge on any atom is -0.383 e. The van der Waals surface area contributed by atoms with Crippen molar-refractivity contribution in [3.05, 3.63) is 34.3 Å². The molecule has 108 valence electrons. The summed E-state index contributed by atoms with van der Waals surface area (Å²) in [5.41, 5.74) is 7.46. The molecule has 2 atom stereocenters. The van der Waals surface area contributed by atoms with Gasteiger partial charge < -0.3 is 10.5 Å². The molecule has 0 saturated carbocycles. The van der Waals surface area contributed by atoms with Crippen LogP contribution in [0.15, 0.2) is 28.7 Å². The van der Waals surface area contributed by atoms with Crippen LogP contribution >= 0.6 is 15.9 Å².